The maximum atomic E-state index is 12.7. The average molecular weight is 1800 g/mol. The van der Waals surface area contributed by atoms with Crippen molar-refractivity contribution in [3.05, 3.63) is 266 Å². The minimum atomic E-state index is -5.84. The number of phenolic OH excluding ortho intramolecular Hbond substituents is 2. The second-order valence-corrected chi connectivity index (χ2v) is 26.5. The van der Waals surface area contributed by atoms with Gasteiger partial charge in [-0.2, -0.15) is 43.2 Å². The Morgan fingerprint density at radius 2 is 0.909 bits per heavy atom. The summed E-state index contributed by atoms with van der Waals surface area (Å²) in [6.45, 7) is 7.99. The SMILES string of the molecule is CCOC(=O)CC(=O)c1ccccc1.CCOC(=O)c1c(-c2ccccc2)oc2ccc(O)cc12.CCOC(=O)c1c(-c2ccccc2)oc2ccc(Oc3c([N+](=O)[O-])ncn3C)cc12.CCOC(=O)c1c(C2=CC=[C+]C=C2)oc2ccc(O)cc12.Cn1cnc([N+](=O)[O-])c1Cl.O=C1C=CC(=O)C=C1.O=S(=O)(O)C(F)(F)F.O=S(=O)(O)C(F)(F)F.[Cu]. The van der Waals surface area contributed by atoms with Crippen LogP contribution in [0.2, 0.25) is 5.15 Å². The number of imidazole rings is 2. The summed E-state index contributed by atoms with van der Waals surface area (Å²) in [7, 11) is -8.51. The Balaban J connectivity index is 0.000000258. The molecule has 0 bridgehead atoms. The molecule has 121 heavy (non-hydrogen) atoms. The van der Waals surface area contributed by atoms with E-state index in [1.165, 1.54) is 70.4 Å². The number of hydrogen-bond donors (Lipinski definition) is 4. The Labute approximate surface area is 696 Å². The van der Waals surface area contributed by atoms with Crippen LogP contribution in [0.1, 0.15) is 81.3 Å². The summed E-state index contributed by atoms with van der Waals surface area (Å²) in [6.07, 6.45) is 17.4. The number of ether oxygens (including phenoxy) is 5. The number of phenols is 2. The largest absolute Gasteiger partial charge is 0.522 e. The minimum Gasteiger partial charge on any atom is -0.508 e. The van der Waals surface area contributed by atoms with Gasteiger partial charge in [-0.25, -0.2) is 14.4 Å². The van der Waals surface area contributed by atoms with Crippen LogP contribution >= 0.6 is 11.6 Å². The molecule has 5 heterocycles. The number of nitrogens with zero attached hydrogens (tertiary/aromatic N) is 6. The Morgan fingerprint density at radius 1 is 0.537 bits per heavy atom. The smallest absolute Gasteiger partial charge is 0.508 e. The van der Waals surface area contributed by atoms with Crippen molar-refractivity contribution in [1.82, 2.24) is 19.1 Å². The monoisotopic (exact) mass is 1790 g/mol. The van der Waals surface area contributed by atoms with Crippen molar-refractivity contribution in [1.29, 1.82) is 0 Å². The number of benzene rings is 6. The zero-order valence-corrected chi connectivity index (χ0v) is 66.6. The number of fused-ring (bicyclic) bond motifs is 3. The van der Waals surface area contributed by atoms with Crippen LogP contribution in [0.5, 0.6) is 23.1 Å². The number of rotatable bonds is 17. The third-order valence-electron chi connectivity index (χ3n) is 14.9. The molecule has 641 valence electrons. The quantitative estimate of drug-likeness (QED) is 0.00535. The van der Waals surface area contributed by atoms with E-state index in [2.05, 4.69) is 20.8 Å². The van der Waals surface area contributed by atoms with Crippen LogP contribution < -0.4 is 4.74 Å². The van der Waals surface area contributed by atoms with Gasteiger partial charge < -0.3 is 67.4 Å². The summed E-state index contributed by atoms with van der Waals surface area (Å²) in [5, 5.41) is 42.2. The van der Waals surface area contributed by atoms with E-state index in [1.807, 2.05) is 66.7 Å². The molecule has 6 aromatic carbocycles. The number of furan rings is 3. The number of ketones is 3. The van der Waals surface area contributed by atoms with Crippen molar-refractivity contribution in [2.75, 3.05) is 26.4 Å². The number of allylic oxidation sites excluding steroid dienone is 10. The number of hydrogen-bond acceptors (Lipinski definition) is 27. The van der Waals surface area contributed by atoms with E-state index in [9.17, 15) is 90.3 Å². The molecule has 2 aliphatic rings. The molecular formula is C78H66ClCuF6N6O27S2+. The molecule has 0 atom stereocenters. The molecule has 0 saturated carbocycles. The van der Waals surface area contributed by atoms with Crippen molar-refractivity contribution in [2.24, 2.45) is 14.1 Å². The summed E-state index contributed by atoms with van der Waals surface area (Å²) in [5.41, 5.74) is -5.80. The molecule has 1 radical (unpaired) electrons. The first-order chi connectivity index (χ1) is 56.5. The van der Waals surface area contributed by atoms with Crippen molar-refractivity contribution < 1.29 is 160 Å². The van der Waals surface area contributed by atoms with Crippen LogP contribution in [0.3, 0.4) is 0 Å². The Morgan fingerprint density at radius 3 is 1.27 bits per heavy atom. The van der Waals surface area contributed by atoms with E-state index in [-0.39, 0.29) is 94.6 Å². The second kappa shape index (κ2) is 44.7. The van der Waals surface area contributed by atoms with Gasteiger partial charge in [0.25, 0.3) is 0 Å². The predicted octanol–water partition coefficient (Wildman–Crippen LogP) is 16.2. The fourth-order valence-electron chi connectivity index (χ4n) is 9.65. The number of aryl methyl sites for hydroxylation is 2. The molecule has 5 aromatic heterocycles. The summed E-state index contributed by atoms with van der Waals surface area (Å²) >= 11 is 5.46. The fraction of sp³-hybridized carbons (Fsp3) is 0.167. The molecule has 0 aliphatic heterocycles. The molecule has 11 aromatic rings. The van der Waals surface area contributed by atoms with Crippen molar-refractivity contribution in [3.63, 3.8) is 0 Å². The van der Waals surface area contributed by atoms with Crippen LogP contribution in [0.15, 0.2) is 220 Å². The zero-order chi connectivity index (χ0) is 89.0. The molecule has 13 rings (SSSR count). The standard InChI is InChI=1S/C21H17N3O6.C17H14O4.C17H12O4.C11H12O3.C6H4O2.C4H4ClN3O2.2CHF3O3S.Cu/c1-3-28-21(25)17-15-11-14(29-20-19(24(26)27)22-12-23(20)2)9-10-16(15)30-18(17)13-7-5-4-6-8-13;2*1-2-20-17(19)15-13-10-12(18)8-9-14(13)21-16(15)11-6-4-3-5-7-11;1-2-14-11(13)8-10(12)9-6-4-3-5-7-9;7-5-1-2-6(8)4-3-5;1-7-2-6-4(3(7)5)8(9)10;2*2-1(3,4)8(5,6)7;/h4-12H,3H2,1-2H3;3-10,18H,2H2,1H3;4-10H,2H2,1H3;3-7H,2,8H2,1H3;1-4H;2H,1H3;2*(H,5,6,7);/p+1. The van der Waals surface area contributed by atoms with Crippen LogP contribution in [-0.4, -0.2) is 144 Å². The normalized spacial score (nSPS) is 11.7. The second-order valence-electron chi connectivity index (χ2n) is 23.3. The van der Waals surface area contributed by atoms with E-state index < -0.39 is 70.8 Å². The maximum Gasteiger partial charge on any atom is 0.522 e. The topological polar surface area (TPSA) is 476 Å². The van der Waals surface area contributed by atoms with E-state index in [4.69, 9.17) is 69.7 Å². The Bertz CT molecular complexity index is 5880. The fourth-order valence-corrected chi connectivity index (χ4v) is 9.81. The van der Waals surface area contributed by atoms with Gasteiger partial charge in [0.2, 0.25) is 17.8 Å². The van der Waals surface area contributed by atoms with Crippen LogP contribution in [0, 0.1) is 26.3 Å². The predicted molar refractivity (Wildman–Crippen MR) is 416 cm³/mol. The third kappa shape index (κ3) is 28.0. The van der Waals surface area contributed by atoms with E-state index in [0.29, 0.717) is 79.2 Å². The number of halogens is 7. The van der Waals surface area contributed by atoms with E-state index in [1.54, 1.807) is 121 Å². The Kier molecular flexibility index (Phi) is 36.2. The molecular weight excluding hydrogens is 1730 g/mol. The van der Waals surface area contributed by atoms with Gasteiger partial charge in [0, 0.05) is 70.1 Å². The first-order valence-electron chi connectivity index (χ1n) is 34.1. The van der Waals surface area contributed by atoms with Crippen molar-refractivity contribution >= 4 is 123 Å². The average Bonchev–Trinajstić information content (AvgIpc) is 1.64. The van der Waals surface area contributed by atoms with E-state index >= 15 is 0 Å². The van der Waals surface area contributed by atoms with E-state index in [0.717, 1.165) is 16.7 Å². The first kappa shape index (κ1) is 97.8. The number of aromatic hydroxyl groups is 2. The van der Waals surface area contributed by atoms with Gasteiger partial charge in [0.1, 0.15) is 86.4 Å². The maximum absolute atomic E-state index is 12.7. The molecule has 0 spiro atoms. The number of carbonyl (C=O) groups excluding carboxylic acids is 7. The van der Waals surface area contributed by atoms with Gasteiger partial charge in [-0.3, -0.25) is 37.4 Å². The minimum absolute atomic E-state index is 0. The number of aromatic nitrogens is 4. The molecule has 0 saturated heterocycles. The molecule has 33 nitrogen and oxygen atoms in total. The molecule has 43 heteroatoms. The van der Waals surface area contributed by atoms with Gasteiger partial charge >= 0.3 is 72.6 Å². The summed E-state index contributed by atoms with van der Waals surface area (Å²) in [6, 6.07) is 41.4. The molecule has 0 amide bonds. The number of nitro groups is 2. The number of alkyl halides is 6. The van der Waals surface area contributed by atoms with Gasteiger partial charge in [0.15, 0.2) is 23.1 Å². The third-order valence-corrected chi connectivity index (χ3v) is 16.5. The number of Topliss-reactive ketones (excluding diaryl/α,β-unsaturated/α-hetero) is 1. The van der Waals surface area contributed by atoms with Gasteiger partial charge in [-0.1, -0.05) is 103 Å². The number of carbonyl (C=O) groups is 7. The molecule has 0 unspecified atom stereocenters. The Hall–Kier alpha value is -13.7. The van der Waals surface area contributed by atoms with Crippen molar-refractivity contribution in [3.8, 4) is 45.8 Å². The van der Waals surface area contributed by atoms with Gasteiger partial charge in [0.05, 0.1) is 38.6 Å². The van der Waals surface area contributed by atoms with Crippen LogP contribution in [0.4, 0.5) is 38.0 Å². The zero-order valence-electron chi connectivity index (χ0n) is 63.3. The summed E-state index contributed by atoms with van der Waals surface area (Å²) in [4.78, 5) is 107. The van der Waals surface area contributed by atoms with Crippen molar-refractivity contribution in [2.45, 2.75) is 45.1 Å². The molecule has 4 N–H and O–H groups in total. The van der Waals surface area contributed by atoms with Crippen LogP contribution in [0.25, 0.3) is 61.1 Å². The van der Waals surface area contributed by atoms with Gasteiger partial charge in [-0.15, -0.1) is 0 Å². The summed E-state index contributed by atoms with van der Waals surface area (Å²) < 4.78 is 161. The van der Waals surface area contributed by atoms with Crippen LogP contribution in [-0.2, 0) is 84.7 Å². The molecule has 2 aliphatic carbocycles. The number of esters is 4. The summed E-state index contributed by atoms with van der Waals surface area (Å²) in [5.74, 6) is -1.39. The first-order valence-corrected chi connectivity index (χ1v) is 37.4. The van der Waals surface area contributed by atoms with Gasteiger partial charge in [-0.05, 0) is 126 Å². The molecule has 0 fully saturated rings.